The van der Waals surface area contributed by atoms with E-state index in [0.29, 0.717) is 6.54 Å². The summed E-state index contributed by atoms with van der Waals surface area (Å²) in [5.74, 6) is 0.252. The van der Waals surface area contributed by atoms with Gasteiger partial charge in [-0.15, -0.1) is 0 Å². The first-order valence-electron chi connectivity index (χ1n) is 6.35. The molecule has 1 heterocycles. The molecule has 1 unspecified atom stereocenters. The van der Waals surface area contributed by atoms with Gasteiger partial charge < -0.3 is 16.0 Å². The molecule has 0 aliphatic carbocycles. The molecule has 0 radical (unpaired) electrons. The molecule has 0 aromatic carbocycles. The SMILES string of the molecule is CC(C)C(CN(C)C)Nc1cc(C(F)(F)F)cc(N)n1. The number of nitrogens with zero attached hydrogens (tertiary/aromatic N) is 2. The summed E-state index contributed by atoms with van der Waals surface area (Å²) in [5.41, 5.74) is 4.66. The lowest BCUT2D eigenvalue weighted by Crippen LogP contribution is -2.36. The summed E-state index contributed by atoms with van der Waals surface area (Å²) in [7, 11) is 3.82. The van der Waals surface area contributed by atoms with E-state index in [1.807, 2.05) is 32.8 Å². The topological polar surface area (TPSA) is 54.2 Å². The van der Waals surface area contributed by atoms with E-state index in [0.717, 1.165) is 12.1 Å². The van der Waals surface area contributed by atoms with Gasteiger partial charge in [-0.2, -0.15) is 13.2 Å². The van der Waals surface area contributed by atoms with E-state index in [1.54, 1.807) is 0 Å². The molecule has 3 N–H and O–H groups in total. The number of nitrogens with one attached hydrogen (secondary N) is 1. The second-order valence-corrected chi connectivity index (χ2v) is 5.42. The second-order valence-electron chi connectivity index (χ2n) is 5.42. The lowest BCUT2D eigenvalue weighted by Gasteiger charge is -2.26. The maximum absolute atomic E-state index is 12.7. The maximum Gasteiger partial charge on any atom is 0.416 e. The first-order valence-corrected chi connectivity index (χ1v) is 6.35. The van der Waals surface area contributed by atoms with Gasteiger partial charge in [0.15, 0.2) is 0 Å². The van der Waals surface area contributed by atoms with E-state index in [-0.39, 0.29) is 23.6 Å². The number of rotatable bonds is 5. The number of nitrogens with two attached hydrogens (primary N) is 1. The molecule has 0 bridgehead atoms. The van der Waals surface area contributed by atoms with Gasteiger partial charge in [-0.3, -0.25) is 0 Å². The van der Waals surface area contributed by atoms with Crippen LogP contribution in [0.1, 0.15) is 19.4 Å². The lowest BCUT2D eigenvalue weighted by atomic mass is 10.0. The standard InChI is InChI=1S/C13H21F3N4/c1-8(2)10(7-20(3)4)18-12-6-9(13(14,15)16)5-11(17)19-12/h5-6,8,10H,7H2,1-4H3,(H3,17,18,19). The third kappa shape index (κ3) is 4.88. The molecular formula is C13H21F3N4. The van der Waals surface area contributed by atoms with Crippen LogP contribution < -0.4 is 11.1 Å². The van der Waals surface area contributed by atoms with Gasteiger partial charge in [0.1, 0.15) is 11.6 Å². The molecule has 4 nitrogen and oxygen atoms in total. The fourth-order valence-corrected chi connectivity index (χ4v) is 1.80. The zero-order valence-corrected chi connectivity index (χ0v) is 12.1. The smallest absolute Gasteiger partial charge is 0.384 e. The average molecular weight is 290 g/mol. The van der Waals surface area contributed by atoms with Crippen LogP contribution in [-0.2, 0) is 6.18 Å². The third-order valence-corrected chi connectivity index (χ3v) is 2.87. The van der Waals surface area contributed by atoms with E-state index >= 15 is 0 Å². The molecular weight excluding hydrogens is 269 g/mol. The molecule has 0 saturated carbocycles. The Morgan fingerprint density at radius 3 is 2.35 bits per heavy atom. The minimum atomic E-state index is -4.43. The number of likely N-dealkylation sites (N-methyl/N-ethyl adjacent to an activating group) is 1. The van der Waals surface area contributed by atoms with Gasteiger partial charge in [-0.25, -0.2) is 4.98 Å². The van der Waals surface area contributed by atoms with Gasteiger partial charge in [0, 0.05) is 12.6 Å². The third-order valence-electron chi connectivity index (χ3n) is 2.87. The van der Waals surface area contributed by atoms with E-state index in [9.17, 15) is 13.2 Å². The van der Waals surface area contributed by atoms with Crippen LogP contribution >= 0.6 is 0 Å². The number of pyridine rings is 1. The highest BCUT2D eigenvalue weighted by molar-refractivity contribution is 5.48. The highest BCUT2D eigenvalue weighted by atomic mass is 19.4. The highest BCUT2D eigenvalue weighted by Gasteiger charge is 2.31. The fourth-order valence-electron chi connectivity index (χ4n) is 1.80. The number of hydrogen-bond acceptors (Lipinski definition) is 4. The van der Waals surface area contributed by atoms with Crippen LogP contribution in [0, 0.1) is 5.92 Å². The number of aromatic nitrogens is 1. The molecule has 0 aliphatic rings. The Labute approximate surface area is 117 Å². The minimum Gasteiger partial charge on any atom is -0.384 e. The van der Waals surface area contributed by atoms with Crippen molar-refractivity contribution in [2.24, 2.45) is 5.92 Å². The molecule has 0 saturated heterocycles. The summed E-state index contributed by atoms with van der Waals surface area (Å²) in [6.07, 6.45) is -4.43. The van der Waals surface area contributed by atoms with Crippen LogP contribution in [0.25, 0.3) is 0 Å². The number of anilines is 2. The van der Waals surface area contributed by atoms with Crippen molar-refractivity contribution in [1.29, 1.82) is 0 Å². The fraction of sp³-hybridized carbons (Fsp3) is 0.615. The predicted octanol–water partition coefficient (Wildman–Crippen LogP) is 2.68. The van der Waals surface area contributed by atoms with Gasteiger partial charge in [-0.05, 0) is 32.1 Å². The van der Waals surface area contributed by atoms with Crippen LogP contribution in [-0.4, -0.2) is 36.6 Å². The van der Waals surface area contributed by atoms with E-state index in [2.05, 4.69) is 10.3 Å². The molecule has 114 valence electrons. The molecule has 1 rings (SSSR count). The summed E-state index contributed by atoms with van der Waals surface area (Å²) in [4.78, 5) is 5.89. The summed E-state index contributed by atoms with van der Waals surface area (Å²) < 4.78 is 38.2. The minimum absolute atomic E-state index is 0.0135. The summed E-state index contributed by atoms with van der Waals surface area (Å²) in [6, 6.07) is 1.81. The average Bonchev–Trinajstić information content (AvgIpc) is 2.25. The van der Waals surface area contributed by atoms with Gasteiger partial charge in [0.25, 0.3) is 0 Å². The first-order chi connectivity index (χ1) is 9.09. The monoisotopic (exact) mass is 290 g/mol. The normalized spacial score (nSPS) is 13.8. The largest absolute Gasteiger partial charge is 0.416 e. The number of alkyl halides is 3. The molecule has 0 spiro atoms. The summed E-state index contributed by atoms with van der Waals surface area (Å²) in [5, 5.41) is 3.03. The van der Waals surface area contributed by atoms with Crippen LogP contribution in [0.3, 0.4) is 0 Å². The molecule has 0 fully saturated rings. The number of hydrogen-bond donors (Lipinski definition) is 2. The Kier molecular flexibility index (Phi) is 5.21. The molecule has 0 aliphatic heterocycles. The van der Waals surface area contributed by atoms with Crippen LogP contribution in [0.15, 0.2) is 12.1 Å². The van der Waals surface area contributed by atoms with Crippen molar-refractivity contribution >= 4 is 11.6 Å². The molecule has 1 aromatic heterocycles. The van der Waals surface area contributed by atoms with Crippen molar-refractivity contribution in [3.8, 4) is 0 Å². The molecule has 0 amide bonds. The number of nitrogen functional groups attached to an aromatic ring is 1. The van der Waals surface area contributed by atoms with Crippen molar-refractivity contribution in [2.45, 2.75) is 26.1 Å². The highest BCUT2D eigenvalue weighted by Crippen LogP contribution is 2.31. The van der Waals surface area contributed by atoms with Crippen molar-refractivity contribution in [3.63, 3.8) is 0 Å². The Morgan fingerprint density at radius 2 is 1.90 bits per heavy atom. The molecule has 1 atom stereocenters. The molecule has 20 heavy (non-hydrogen) atoms. The Morgan fingerprint density at radius 1 is 1.30 bits per heavy atom. The van der Waals surface area contributed by atoms with Crippen molar-refractivity contribution < 1.29 is 13.2 Å². The van der Waals surface area contributed by atoms with Crippen LogP contribution in [0.4, 0.5) is 24.8 Å². The van der Waals surface area contributed by atoms with Crippen molar-refractivity contribution in [2.75, 3.05) is 31.7 Å². The predicted molar refractivity (Wildman–Crippen MR) is 74.5 cm³/mol. The zero-order valence-electron chi connectivity index (χ0n) is 12.1. The van der Waals surface area contributed by atoms with Gasteiger partial charge in [0.2, 0.25) is 0 Å². The Hall–Kier alpha value is -1.50. The maximum atomic E-state index is 12.7. The van der Waals surface area contributed by atoms with E-state index < -0.39 is 11.7 Å². The Bertz CT molecular complexity index is 444. The van der Waals surface area contributed by atoms with Gasteiger partial charge >= 0.3 is 6.18 Å². The lowest BCUT2D eigenvalue weighted by molar-refractivity contribution is -0.137. The van der Waals surface area contributed by atoms with Crippen molar-refractivity contribution in [3.05, 3.63) is 17.7 Å². The summed E-state index contributed by atoms with van der Waals surface area (Å²) >= 11 is 0. The van der Waals surface area contributed by atoms with E-state index in [4.69, 9.17) is 5.73 Å². The van der Waals surface area contributed by atoms with Gasteiger partial charge in [-0.1, -0.05) is 13.8 Å². The van der Waals surface area contributed by atoms with E-state index in [1.165, 1.54) is 0 Å². The number of halogens is 3. The Balaban J connectivity index is 2.98. The van der Waals surface area contributed by atoms with Crippen LogP contribution in [0.2, 0.25) is 0 Å². The molecule has 1 aromatic rings. The second kappa shape index (κ2) is 6.30. The quantitative estimate of drug-likeness (QED) is 0.875. The van der Waals surface area contributed by atoms with Crippen molar-refractivity contribution in [1.82, 2.24) is 9.88 Å². The summed E-state index contributed by atoms with van der Waals surface area (Å²) in [6.45, 7) is 4.69. The first kappa shape index (κ1) is 16.6. The van der Waals surface area contributed by atoms with Crippen LogP contribution in [0.5, 0.6) is 0 Å². The zero-order chi connectivity index (χ0) is 15.5. The molecule has 7 heteroatoms. The van der Waals surface area contributed by atoms with Gasteiger partial charge in [0.05, 0.1) is 5.56 Å².